The highest BCUT2D eigenvalue weighted by Gasteiger charge is 2.22. The lowest BCUT2D eigenvalue weighted by molar-refractivity contribution is -0.0508. The van der Waals surface area contributed by atoms with Crippen LogP contribution in [0.1, 0.15) is 5.56 Å². The predicted molar refractivity (Wildman–Crippen MR) is 103 cm³/mol. The van der Waals surface area contributed by atoms with Gasteiger partial charge in [-0.2, -0.15) is 0 Å². The van der Waals surface area contributed by atoms with Gasteiger partial charge in [-0.1, -0.05) is 18.2 Å². The Bertz CT molecular complexity index is 736. The summed E-state index contributed by atoms with van der Waals surface area (Å²) >= 11 is 0. The van der Waals surface area contributed by atoms with Crippen LogP contribution in [0.2, 0.25) is 0 Å². The minimum atomic E-state index is 0.00732. The molecule has 1 aliphatic heterocycles. The maximum Gasteiger partial charge on any atom is 0.161 e. The Hall–Kier alpha value is -2.44. The first-order valence-corrected chi connectivity index (χ1v) is 9.04. The van der Waals surface area contributed by atoms with E-state index in [0.29, 0.717) is 13.2 Å². The minimum Gasteiger partial charge on any atom is -0.497 e. The van der Waals surface area contributed by atoms with E-state index in [1.165, 1.54) is 0 Å². The lowest BCUT2D eigenvalue weighted by atomic mass is 10.1. The molecule has 1 unspecified atom stereocenters. The summed E-state index contributed by atoms with van der Waals surface area (Å²) in [4.78, 5) is 2.35. The summed E-state index contributed by atoms with van der Waals surface area (Å²) < 4.78 is 27.9. The molecule has 2 aromatic rings. The molecule has 0 N–H and O–H groups in total. The fraction of sp³-hybridized carbons (Fsp3) is 0.429. The average molecular weight is 373 g/mol. The zero-order valence-electron chi connectivity index (χ0n) is 16.1. The zero-order valence-corrected chi connectivity index (χ0v) is 16.1. The summed E-state index contributed by atoms with van der Waals surface area (Å²) in [5.74, 6) is 3.09. The van der Waals surface area contributed by atoms with Crippen LogP contribution in [0.4, 0.5) is 0 Å². The van der Waals surface area contributed by atoms with Gasteiger partial charge in [-0.25, -0.2) is 0 Å². The SMILES string of the molecule is COc1ccc(CN2CCOC(COc3ccccc3OC)C2)c(OC)c1. The van der Waals surface area contributed by atoms with Gasteiger partial charge in [0.25, 0.3) is 0 Å². The number of methoxy groups -OCH3 is 3. The van der Waals surface area contributed by atoms with Gasteiger partial charge in [0, 0.05) is 31.3 Å². The molecule has 1 fully saturated rings. The second kappa shape index (κ2) is 9.48. The normalized spacial score (nSPS) is 17.4. The second-order valence-electron chi connectivity index (χ2n) is 6.37. The first kappa shape index (κ1) is 19.3. The van der Waals surface area contributed by atoms with Crippen molar-refractivity contribution in [3.63, 3.8) is 0 Å². The monoisotopic (exact) mass is 373 g/mol. The van der Waals surface area contributed by atoms with E-state index in [4.69, 9.17) is 23.7 Å². The van der Waals surface area contributed by atoms with Gasteiger partial charge in [0.05, 0.1) is 27.9 Å². The van der Waals surface area contributed by atoms with Crippen molar-refractivity contribution in [3.05, 3.63) is 48.0 Å². The Kier molecular flexibility index (Phi) is 6.79. The number of ether oxygens (including phenoxy) is 5. The van der Waals surface area contributed by atoms with Crippen LogP contribution in [0, 0.1) is 0 Å². The molecule has 0 radical (unpaired) electrons. The van der Waals surface area contributed by atoms with Crippen LogP contribution in [0.15, 0.2) is 42.5 Å². The Morgan fingerprint density at radius 2 is 1.74 bits per heavy atom. The molecule has 0 saturated carbocycles. The molecule has 3 rings (SSSR count). The van der Waals surface area contributed by atoms with Crippen molar-refractivity contribution in [1.29, 1.82) is 0 Å². The highest BCUT2D eigenvalue weighted by Crippen LogP contribution is 2.28. The third-order valence-electron chi connectivity index (χ3n) is 4.60. The predicted octanol–water partition coefficient (Wildman–Crippen LogP) is 2.99. The van der Waals surface area contributed by atoms with Gasteiger partial charge < -0.3 is 23.7 Å². The van der Waals surface area contributed by atoms with E-state index in [1.807, 2.05) is 42.5 Å². The highest BCUT2D eigenvalue weighted by molar-refractivity contribution is 5.41. The summed E-state index contributed by atoms with van der Waals surface area (Å²) in [7, 11) is 4.98. The Balaban J connectivity index is 1.58. The number of para-hydroxylation sites is 2. The minimum absolute atomic E-state index is 0.00732. The molecule has 1 atom stereocenters. The number of benzene rings is 2. The first-order valence-electron chi connectivity index (χ1n) is 9.04. The van der Waals surface area contributed by atoms with Gasteiger partial charge in [-0.05, 0) is 18.2 Å². The van der Waals surface area contributed by atoms with Crippen LogP contribution in [-0.2, 0) is 11.3 Å². The first-order chi connectivity index (χ1) is 13.2. The van der Waals surface area contributed by atoms with Crippen LogP contribution in [-0.4, -0.2) is 58.6 Å². The van der Waals surface area contributed by atoms with Crippen molar-refractivity contribution in [1.82, 2.24) is 4.90 Å². The molecule has 146 valence electrons. The third-order valence-corrected chi connectivity index (χ3v) is 4.60. The molecule has 1 saturated heterocycles. The molecule has 1 heterocycles. The molecular weight excluding hydrogens is 346 g/mol. The molecule has 1 aliphatic rings. The maximum absolute atomic E-state index is 5.92. The van der Waals surface area contributed by atoms with Crippen molar-refractivity contribution in [3.8, 4) is 23.0 Å². The summed E-state index contributed by atoms with van der Waals surface area (Å²) in [5.41, 5.74) is 1.13. The summed E-state index contributed by atoms with van der Waals surface area (Å²) in [5, 5.41) is 0. The number of rotatable bonds is 8. The molecule has 0 spiro atoms. The topological polar surface area (TPSA) is 49.4 Å². The average Bonchev–Trinajstić information content (AvgIpc) is 2.73. The van der Waals surface area contributed by atoms with E-state index in [-0.39, 0.29) is 6.10 Å². The highest BCUT2D eigenvalue weighted by atomic mass is 16.5. The van der Waals surface area contributed by atoms with Gasteiger partial charge in [0.15, 0.2) is 11.5 Å². The summed E-state index contributed by atoms with van der Waals surface area (Å²) in [6.07, 6.45) is 0.00732. The van der Waals surface area contributed by atoms with E-state index >= 15 is 0 Å². The Morgan fingerprint density at radius 3 is 2.48 bits per heavy atom. The van der Waals surface area contributed by atoms with Crippen molar-refractivity contribution >= 4 is 0 Å². The number of hydrogen-bond donors (Lipinski definition) is 0. The van der Waals surface area contributed by atoms with E-state index in [1.54, 1.807) is 21.3 Å². The molecule has 27 heavy (non-hydrogen) atoms. The van der Waals surface area contributed by atoms with Gasteiger partial charge >= 0.3 is 0 Å². The van der Waals surface area contributed by atoms with Crippen molar-refractivity contribution in [2.75, 3.05) is 47.6 Å². The molecule has 0 aromatic heterocycles. The van der Waals surface area contributed by atoms with Crippen LogP contribution < -0.4 is 18.9 Å². The second-order valence-corrected chi connectivity index (χ2v) is 6.37. The molecule has 6 nitrogen and oxygen atoms in total. The van der Waals surface area contributed by atoms with E-state index in [9.17, 15) is 0 Å². The molecule has 0 amide bonds. The summed E-state index contributed by atoms with van der Waals surface area (Å²) in [6.45, 7) is 3.63. The summed E-state index contributed by atoms with van der Waals surface area (Å²) in [6, 6.07) is 13.6. The number of nitrogens with zero attached hydrogens (tertiary/aromatic N) is 1. The van der Waals surface area contributed by atoms with Gasteiger partial charge in [-0.15, -0.1) is 0 Å². The van der Waals surface area contributed by atoms with Crippen molar-refractivity contribution in [2.45, 2.75) is 12.6 Å². The lowest BCUT2D eigenvalue weighted by Gasteiger charge is -2.33. The van der Waals surface area contributed by atoms with Crippen LogP contribution in [0.5, 0.6) is 23.0 Å². The van der Waals surface area contributed by atoms with Gasteiger partial charge in [0.2, 0.25) is 0 Å². The fourth-order valence-electron chi connectivity index (χ4n) is 3.17. The molecule has 6 heteroatoms. The number of hydrogen-bond acceptors (Lipinski definition) is 6. The zero-order chi connectivity index (χ0) is 19.1. The quantitative estimate of drug-likeness (QED) is 0.709. The van der Waals surface area contributed by atoms with E-state index in [0.717, 1.165) is 48.2 Å². The number of morpholine rings is 1. The Morgan fingerprint density at radius 1 is 0.963 bits per heavy atom. The largest absolute Gasteiger partial charge is 0.497 e. The standard InChI is InChI=1S/C21H27NO5/c1-23-17-9-8-16(21(12-17)25-3)13-22-10-11-26-18(14-22)15-27-20-7-5-4-6-19(20)24-2/h4-9,12,18H,10-11,13-15H2,1-3H3. The van der Waals surface area contributed by atoms with Gasteiger partial charge in [-0.3, -0.25) is 4.90 Å². The van der Waals surface area contributed by atoms with Crippen molar-refractivity contribution < 1.29 is 23.7 Å². The van der Waals surface area contributed by atoms with E-state index < -0.39 is 0 Å². The van der Waals surface area contributed by atoms with Crippen molar-refractivity contribution in [2.24, 2.45) is 0 Å². The Labute approximate surface area is 160 Å². The third kappa shape index (κ3) is 5.05. The maximum atomic E-state index is 5.92. The smallest absolute Gasteiger partial charge is 0.161 e. The van der Waals surface area contributed by atoms with Crippen LogP contribution in [0.25, 0.3) is 0 Å². The molecule has 0 aliphatic carbocycles. The van der Waals surface area contributed by atoms with Crippen LogP contribution >= 0.6 is 0 Å². The van der Waals surface area contributed by atoms with Gasteiger partial charge in [0.1, 0.15) is 24.2 Å². The van der Waals surface area contributed by atoms with E-state index in [2.05, 4.69) is 4.90 Å². The molecule has 0 bridgehead atoms. The molecular formula is C21H27NO5. The lowest BCUT2D eigenvalue weighted by Crippen LogP contribution is -2.44. The van der Waals surface area contributed by atoms with Crippen LogP contribution in [0.3, 0.4) is 0 Å². The molecule has 2 aromatic carbocycles. The fourth-order valence-corrected chi connectivity index (χ4v) is 3.17.